The highest BCUT2D eigenvalue weighted by molar-refractivity contribution is 5.79. The number of benzene rings is 2. The van der Waals surface area contributed by atoms with Crippen molar-refractivity contribution in [1.29, 1.82) is 0 Å². The summed E-state index contributed by atoms with van der Waals surface area (Å²) in [5.41, 5.74) is 5.22. The van der Waals surface area contributed by atoms with E-state index in [-0.39, 0.29) is 0 Å². The lowest BCUT2D eigenvalue weighted by atomic mass is 9.87. The zero-order valence-electron chi connectivity index (χ0n) is 11.1. The molecular formula is C20H14-2. The van der Waals surface area contributed by atoms with Crippen molar-refractivity contribution in [1.82, 2.24) is 0 Å². The van der Waals surface area contributed by atoms with Crippen LogP contribution in [0.1, 0.15) is 11.1 Å². The van der Waals surface area contributed by atoms with Gasteiger partial charge in [-0.3, -0.25) is 0 Å². The molecule has 0 amide bonds. The summed E-state index contributed by atoms with van der Waals surface area (Å²) in [6.07, 6.45) is 17.2. The Morgan fingerprint density at radius 1 is 0.950 bits per heavy atom. The van der Waals surface area contributed by atoms with Gasteiger partial charge in [-0.05, 0) is 0 Å². The van der Waals surface area contributed by atoms with Crippen LogP contribution in [0.4, 0.5) is 0 Å². The Kier molecular flexibility index (Phi) is 2.53. The zero-order chi connectivity index (χ0) is 13.4. The van der Waals surface area contributed by atoms with Gasteiger partial charge in [0.25, 0.3) is 0 Å². The summed E-state index contributed by atoms with van der Waals surface area (Å²) in [5.74, 6) is 0. The second kappa shape index (κ2) is 4.50. The van der Waals surface area contributed by atoms with Gasteiger partial charge in [-0.15, -0.1) is 52.6 Å². The van der Waals surface area contributed by atoms with Crippen LogP contribution in [0.5, 0.6) is 0 Å². The molecule has 0 nitrogen and oxygen atoms in total. The van der Waals surface area contributed by atoms with Crippen molar-refractivity contribution in [2.75, 3.05) is 0 Å². The Balaban J connectivity index is 2.15. The molecule has 0 aromatic heterocycles. The smallest absolute Gasteiger partial charge is 0.0623 e. The van der Waals surface area contributed by atoms with Gasteiger partial charge >= 0.3 is 0 Å². The predicted octanol–water partition coefficient (Wildman–Crippen LogP) is 3.27. The predicted molar refractivity (Wildman–Crippen MR) is 85.9 cm³/mol. The van der Waals surface area contributed by atoms with Crippen molar-refractivity contribution in [2.24, 2.45) is 0 Å². The molecule has 0 radical (unpaired) electrons. The maximum atomic E-state index is 2.27. The normalized spacial score (nSPS) is 14.2. The summed E-state index contributed by atoms with van der Waals surface area (Å²) in [6, 6.07) is 12.9. The van der Waals surface area contributed by atoms with Crippen LogP contribution in [0.25, 0.3) is 29.4 Å². The van der Waals surface area contributed by atoms with E-state index in [1.807, 2.05) is 0 Å². The minimum Gasteiger partial charge on any atom is -0.173 e. The van der Waals surface area contributed by atoms with Gasteiger partial charge in [0.2, 0.25) is 0 Å². The largest absolute Gasteiger partial charge is 0.173 e. The summed E-state index contributed by atoms with van der Waals surface area (Å²) in [4.78, 5) is 0. The average Bonchev–Trinajstić information content (AvgIpc) is 2.53. The third kappa shape index (κ3) is 1.70. The SMILES string of the molecule is C1=C[CH-]c2c(-c3ccccc3)c3c(cc2=C1)C=C[CH-]C=3. The van der Waals surface area contributed by atoms with Gasteiger partial charge in [0.05, 0.1) is 0 Å². The molecule has 0 saturated heterocycles. The molecule has 0 aliphatic heterocycles. The van der Waals surface area contributed by atoms with Crippen molar-refractivity contribution in [2.45, 2.75) is 0 Å². The van der Waals surface area contributed by atoms with E-state index in [4.69, 9.17) is 0 Å². The fraction of sp³-hybridized carbons (Fsp3) is 0. The van der Waals surface area contributed by atoms with Crippen LogP contribution in [0.3, 0.4) is 0 Å². The quantitative estimate of drug-likeness (QED) is 0.685. The van der Waals surface area contributed by atoms with E-state index in [0.717, 1.165) is 0 Å². The number of allylic oxidation sites excluding steroid dienone is 3. The Labute approximate surface area is 119 Å². The van der Waals surface area contributed by atoms with Crippen LogP contribution in [-0.4, -0.2) is 0 Å². The van der Waals surface area contributed by atoms with E-state index < -0.39 is 0 Å². The molecule has 2 aromatic rings. The van der Waals surface area contributed by atoms with Gasteiger partial charge in [-0.1, -0.05) is 35.9 Å². The Morgan fingerprint density at radius 2 is 1.85 bits per heavy atom. The molecule has 96 valence electrons. The molecule has 0 heterocycles. The first-order chi connectivity index (χ1) is 9.93. The lowest BCUT2D eigenvalue weighted by Crippen LogP contribution is -2.23. The summed E-state index contributed by atoms with van der Waals surface area (Å²) < 4.78 is 0. The Bertz CT molecular complexity index is 834. The van der Waals surface area contributed by atoms with E-state index in [2.05, 4.69) is 85.7 Å². The first-order valence-corrected chi connectivity index (χ1v) is 6.89. The van der Waals surface area contributed by atoms with Crippen LogP contribution >= 0.6 is 0 Å². The maximum Gasteiger partial charge on any atom is -0.0623 e. The molecule has 0 heteroatoms. The number of fused-ring (bicyclic) bond motifs is 2. The third-order valence-corrected chi connectivity index (χ3v) is 3.83. The first kappa shape index (κ1) is 11.2. The summed E-state index contributed by atoms with van der Waals surface area (Å²) in [5, 5.41) is 2.61. The molecule has 0 fully saturated rings. The third-order valence-electron chi connectivity index (χ3n) is 3.83. The number of rotatable bonds is 1. The summed E-state index contributed by atoms with van der Waals surface area (Å²) >= 11 is 0. The van der Waals surface area contributed by atoms with Crippen molar-refractivity contribution in [3.05, 3.63) is 89.0 Å². The van der Waals surface area contributed by atoms with Gasteiger partial charge in [0.15, 0.2) is 0 Å². The van der Waals surface area contributed by atoms with Crippen molar-refractivity contribution < 1.29 is 0 Å². The molecule has 20 heavy (non-hydrogen) atoms. The molecule has 0 saturated carbocycles. The summed E-state index contributed by atoms with van der Waals surface area (Å²) in [7, 11) is 0. The molecule has 2 aromatic carbocycles. The lowest BCUT2D eigenvalue weighted by Gasteiger charge is -2.27. The number of hydrogen-bond acceptors (Lipinski definition) is 0. The topological polar surface area (TPSA) is 0 Å². The molecule has 2 aliphatic carbocycles. The highest BCUT2D eigenvalue weighted by atomic mass is 14.2. The van der Waals surface area contributed by atoms with E-state index in [0.29, 0.717) is 0 Å². The van der Waals surface area contributed by atoms with Gasteiger partial charge in [-0.2, -0.15) is 29.9 Å². The molecule has 0 spiro atoms. The van der Waals surface area contributed by atoms with Crippen LogP contribution in [0.15, 0.2) is 54.6 Å². The van der Waals surface area contributed by atoms with Crippen LogP contribution in [0.2, 0.25) is 0 Å². The molecule has 0 unspecified atom stereocenters. The van der Waals surface area contributed by atoms with Crippen molar-refractivity contribution in [3.8, 4) is 11.1 Å². The van der Waals surface area contributed by atoms with Crippen molar-refractivity contribution in [3.63, 3.8) is 0 Å². The Hall–Kier alpha value is -2.60. The minimum absolute atomic E-state index is 1.28. The molecule has 0 atom stereocenters. The van der Waals surface area contributed by atoms with Crippen LogP contribution in [-0.2, 0) is 0 Å². The summed E-state index contributed by atoms with van der Waals surface area (Å²) in [6.45, 7) is 0. The Morgan fingerprint density at radius 3 is 2.75 bits per heavy atom. The highest BCUT2D eigenvalue weighted by Gasteiger charge is 2.02. The molecular weight excluding hydrogens is 240 g/mol. The van der Waals surface area contributed by atoms with Crippen LogP contribution in [0, 0.1) is 12.8 Å². The van der Waals surface area contributed by atoms with Gasteiger partial charge in [0, 0.05) is 0 Å². The van der Waals surface area contributed by atoms with Gasteiger partial charge in [-0.25, -0.2) is 0 Å². The second-order valence-corrected chi connectivity index (χ2v) is 5.06. The standard InChI is InChI=1S/C20H14/c1-2-8-15(9-3-1)20-18-12-6-4-10-16(18)14-17-11-5-7-13-19(17)20/h1-14H/q-2. The maximum absolute atomic E-state index is 2.27. The minimum atomic E-state index is 1.28. The van der Waals surface area contributed by atoms with Crippen LogP contribution < -0.4 is 10.4 Å². The van der Waals surface area contributed by atoms with E-state index >= 15 is 0 Å². The van der Waals surface area contributed by atoms with Crippen molar-refractivity contribution >= 4 is 18.2 Å². The fourth-order valence-corrected chi connectivity index (χ4v) is 2.93. The van der Waals surface area contributed by atoms with Gasteiger partial charge < -0.3 is 0 Å². The molecule has 4 rings (SSSR count). The highest BCUT2D eigenvalue weighted by Crippen LogP contribution is 2.22. The zero-order valence-corrected chi connectivity index (χ0v) is 11.1. The molecule has 0 bridgehead atoms. The fourth-order valence-electron chi connectivity index (χ4n) is 2.93. The molecule has 0 N–H and O–H groups in total. The second-order valence-electron chi connectivity index (χ2n) is 5.06. The van der Waals surface area contributed by atoms with E-state index in [1.165, 1.54) is 32.7 Å². The average molecular weight is 254 g/mol. The van der Waals surface area contributed by atoms with E-state index in [9.17, 15) is 0 Å². The first-order valence-electron chi connectivity index (χ1n) is 6.89. The van der Waals surface area contributed by atoms with E-state index in [1.54, 1.807) is 0 Å². The molecule has 2 aliphatic rings. The monoisotopic (exact) mass is 254 g/mol. The van der Waals surface area contributed by atoms with Gasteiger partial charge in [0.1, 0.15) is 0 Å². The lowest BCUT2D eigenvalue weighted by molar-refractivity contribution is 1.38. The number of hydrogen-bond donors (Lipinski definition) is 0.